The van der Waals surface area contributed by atoms with Crippen molar-refractivity contribution in [2.24, 2.45) is 0 Å². The normalized spacial score (nSPS) is 11.6. The lowest BCUT2D eigenvalue weighted by Crippen LogP contribution is -2.11. The van der Waals surface area contributed by atoms with Crippen LogP contribution in [0.4, 0.5) is 17.1 Å². The molecule has 0 saturated heterocycles. The Labute approximate surface area is 357 Å². The summed E-state index contributed by atoms with van der Waals surface area (Å²) in [5, 5.41) is 8.10. The van der Waals surface area contributed by atoms with E-state index in [1.54, 1.807) is 11.3 Å². The lowest BCUT2D eigenvalue weighted by atomic mass is 9.95. The summed E-state index contributed by atoms with van der Waals surface area (Å²) >= 11 is 1.73. The van der Waals surface area contributed by atoms with Crippen LogP contribution < -0.4 is 4.90 Å². The molecule has 0 fully saturated rings. The molecule has 0 spiro atoms. The summed E-state index contributed by atoms with van der Waals surface area (Å²) in [7, 11) is 0. The second-order valence-electron chi connectivity index (χ2n) is 15.5. The van der Waals surface area contributed by atoms with Crippen molar-refractivity contribution in [2.45, 2.75) is 0 Å². The molecule has 0 radical (unpaired) electrons. The number of rotatable bonds is 7. The van der Waals surface area contributed by atoms with Crippen LogP contribution in [-0.4, -0.2) is 4.98 Å². The number of benzene rings is 10. The third kappa shape index (κ3) is 6.16. The van der Waals surface area contributed by atoms with Crippen LogP contribution >= 0.6 is 11.3 Å². The van der Waals surface area contributed by atoms with Crippen LogP contribution in [0.25, 0.3) is 97.7 Å². The highest BCUT2D eigenvalue weighted by molar-refractivity contribution is 7.22. The van der Waals surface area contributed by atoms with Crippen molar-refractivity contribution in [3.63, 3.8) is 0 Å². The molecular weight excluding hydrogens is 761 g/mol. The average molecular weight is 797 g/mol. The lowest BCUT2D eigenvalue weighted by Gasteiger charge is -2.29. The first kappa shape index (κ1) is 35.2. The number of aromatic nitrogens is 1. The van der Waals surface area contributed by atoms with Crippen LogP contribution in [-0.2, 0) is 0 Å². The first-order valence-corrected chi connectivity index (χ1v) is 21.4. The standard InChI is InChI=1S/C57H36N2OS/c1-4-14-37(15-5-1)43-32-44(38-16-6-2-7-17-38)34-46(33-43)59(52-36-42-20-10-11-21-47(42)48-22-12-13-23-49(48)52)45-27-24-39(25-28-45)41-26-30-53-50(35-41)55-54(60-53)31-29-51-56(55)61-57(58-51)40-18-8-3-9-19-40/h1-36H. The number of thiazole rings is 1. The fraction of sp³-hybridized carbons (Fsp3) is 0. The zero-order chi connectivity index (χ0) is 40.3. The molecule has 2 heterocycles. The number of fused-ring (bicyclic) bond motifs is 8. The zero-order valence-electron chi connectivity index (χ0n) is 33.0. The predicted octanol–water partition coefficient (Wildman–Crippen LogP) is 16.6. The lowest BCUT2D eigenvalue weighted by molar-refractivity contribution is 0.669. The minimum atomic E-state index is 0.874. The van der Waals surface area contributed by atoms with Gasteiger partial charge in [-0.2, -0.15) is 0 Å². The fourth-order valence-corrected chi connectivity index (χ4v) is 10.0. The van der Waals surface area contributed by atoms with Crippen LogP contribution in [0.2, 0.25) is 0 Å². The molecule has 0 bridgehead atoms. The molecule has 61 heavy (non-hydrogen) atoms. The summed E-state index contributed by atoms with van der Waals surface area (Å²) in [6, 6.07) is 78.4. The van der Waals surface area contributed by atoms with Gasteiger partial charge in [0.2, 0.25) is 0 Å². The molecule has 0 amide bonds. The maximum atomic E-state index is 6.44. The van der Waals surface area contributed by atoms with Gasteiger partial charge in [0, 0.05) is 33.1 Å². The SMILES string of the molecule is c1ccc(-c2cc(-c3ccccc3)cc(N(c3ccc(-c4ccc5oc6ccc7nc(-c8ccccc8)sc7c6c5c4)cc3)c3cc4ccccc4c4ccccc34)c2)cc1. The van der Waals surface area contributed by atoms with Gasteiger partial charge in [-0.15, -0.1) is 11.3 Å². The molecular formula is C57H36N2OS. The van der Waals surface area contributed by atoms with Crippen LogP contribution in [0.3, 0.4) is 0 Å². The second-order valence-corrected chi connectivity index (χ2v) is 16.5. The van der Waals surface area contributed by atoms with E-state index in [-0.39, 0.29) is 0 Å². The van der Waals surface area contributed by atoms with Crippen LogP contribution in [0.5, 0.6) is 0 Å². The van der Waals surface area contributed by atoms with E-state index in [0.29, 0.717) is 0 Å². The van der Waals surface area contributed by atoms with Crippen molar-refractivity contribution in [1.82, 2.24) is 4.98 Å². The Morgan fingerprint density at radius 2 is 0.951 bits per heavy atom. The minimum Gasteiger partial charge on any atom is -0.456 e. The molecule has 10 aromatic carbocycles. The maximum absolute atomic E-state index is 6.44. The highest BCUT2D eigenvalue weighted by Gasteiger charge is 2.21. The van der Waals surface area contributed by atoms with Gasteiger partial charge in [-0.1, -0.05) is 158 Å². The fourth-order valence-electron chi connectivity index (χ4n) is 8.92. The minimum absolute atomic E-state index is 0.874. The first-order chi connectivity index (χ1) is 30.2. The number of furan rings is 1. The topological polar surface area (TPSA) is 29.3 Å². The molecule has 286 valence electrons. The van der Waals surface area contributed by atoms with Gasteiger partial charge in [0.25, 0.3) is 0 Å². The van der Waals surface area contributed by atoms with Gasteiger partial charge in [-0.25, -0.2) is 4.98 Å². The highest BCUT2D eigenvalue weighted by atomic mass is 32.1. The Morgan fingerprint density at radius 3 is 1.66 bits per heavy atom. The van der Waals surface area contributed by atoms with Crippen molar-refractivity contribution in [3.05, 3.63) is 218 Å². The zero-order valence-corrected chi connectivity index (χ0v) is 33.8. The van der Waals surface area contributed by atoms with E-state index >= 15 is 0 Å². The second kappa shape index (κ2) is 14.5. The molecule has 0 saturated carbocycles. The van der Waals surface area contributed by atoms with Gasteiger partial charge in [-0.3, -0.25) is 0 Å². The largest absolute Gasteiger partial charge is 0.456 e. The quantitative estimate of drug-likeness (QED) is 0.150. The smallest absolute Gasteiger partial charge is 0.137 e. The van der Waals surface area contributed by atoms with Crippen LogP contribution in [0.15, 0.2) is 223 Å². The highest BCUT2D eigenvalue weighted by Crippen LogP contribution is 2.46. The van der Waals surface area contributed by atoms with Crippen LogP contribution in [0.1, 0.15) is 0 Å². The molecule has 4 heteroatoms. The molecule has 12 rings (SSSR count). The van der Waals surface area contributed by atoms with E-state index < -0.39 is 0 Å². The Hall–Kier alpha value is -7.79. The molecule has 2 aromatic heterocycles. The molecule has 0 aliphatic heterocycles. The first-order valence-electron chi connectivity index (χ1n) is 20.6. The van der Waals surface area contributed by atoms with E-state index in [1.807, 2.05) is 6.07 Å². The van der Waals surface area contributed by atoms with Gasteiger partial charge in [0.05, 0.1) is 15.9 Å². The summed E-state index contributed by atoms with van der Waals surface area (Å²) in [6.45, 7) is 0. The number of anilines is 3. The van der Waals surface area contributed by atoms with Gasteiger partial charge in [0.15, 0.2) is 0 Å². The summed E-state index contributed by atoms with van der Waals surface area (Å²) in [5.74, 6) is 0. The third-order valence-corrected chi connectivity index (χ3v) is 13.0. The summed E-state index contributed by atoms with van der Waals surface area (Å²) in [6.07, 6.45) is 0. The summed E-state index contributed by atoms with van der Waals surface area (Å²) in [5.41, 5.74) is 14.1. The van der Waals surface area contributed by atoms with Crippen molar-refractivity contribution in [3.8, 4) is 44.0 Å². The van der Waals surface area contributed by atoms with Crippen molar-refractivity contribution < 1.29 is 4.42 Å². The van der Waals surface area contributed by atoms with Gasteiger partial charge in [-0.05, 0) is 110 Å². The summed E-state index contributed by atoms with van der Waals surface area (Å²) < 4.78 is 7.58. The Morgan fingerprint density at radius 1 is 0.377 bits per heavy atom. The molecule has 0 aliphatic rings. The number of nitrogens with zero attached hydrogens (tertiary/aromatic N) is 2. The molecule has 0 atom stereocenters. The molecule has 0 unspecified atom stereocenters. The molecule has 0 aliphatic carbocycles. The molecule has 12 aromatic rings. The van der Waals surface area contributed by atoms with Crippen molar-refractivity contribution >= 4 is 82.1 Å². The van der Waals surface area contributed by atoms with Gasteiger partial charge < -0.3 is 9.32 Å². The Bertz CT molecular complexity index is 3520. The number of hydrogen-bond acceptors (Lipinski definition) is 4. The Balaban J connectivity index is 1.03. The van der Waals surface area contributed by atoms with Crippen LogP contribution in [0, 0.1) is 0 Å². The van der Waals surface area contributed by atoms with Gasteiger partial charge in [0.1, 0.15) is 16.2 Å². The maximum Gasteiger partial charge on any atom is 0.137 e. The predicted molar refractivity (Wildman–Crippen MR) is 258 cm³/mol. The van der Waals surface area contributed by atoms with Gasteiger partial charge >= 0.3 is 0 Å². The third-order valence-electron chi connectivity index (χ3n) is 11.8. The van der Waals surface area contributed by atoms with E-state index in [4.69, 9.17) is 9.40 Å². The van der Waals surface area contributed by atoms with E-state index in [1.165, 1.54) is 32.7 Å². The van der Waals surface area contributed by atoms with E-state index in [0.717, 1.165) is 82.0 Å². The van der Waals surface area contributed by atoms with E-state index in [2.05, 4.69) is 217 Å². The monoisotopic (exact) mass is 796 g/mol. The van der Waals surface area contributed by atoms with Crippen molar-refractivity contribution in [2.75, 3.05) is 4.90 Å². The average Bonchev–Trinajstić information content (AvgIpc) is 3.94. The van der Waals surface area contributed by atoms with E-state index in [9.17, 15) is 0 Å². The molecule has 0 N–H and O–H groups in total. The summed E-state index contributed by atoms with van der Waals surface area (Å²) in [4.78, 5) is 7.47. The molecule has 3 nitrogen and oxygen atoms in total. The van der Waals surface area contributed by atoms with Crippen molar-refractivity contribution in [1.29, 1.82) is 0 Å². The Kier molecular flexibility index (Phi) is 8.36. The number of hydrogen-bond donors (Lipinski definition) is 0.